The first-order chi connectivity index (χ1) is 64.8. The molecular formula is C105H157BrCl2N16O14S6. The summed E-state index contributed by atoms with van der Waals surface area (Å²) in [6, 6.07) is 47.3. The standard InChI is InChI=1S/C31H40N4O5.C23H29ClN4O2S.C16H23BrN4O2S.C16H30N4O3.C15H11ClO2.4CH4.4H2S/c1-31(2,3)40-29(37)33(5)22-14-16-34(18-22)28(36)32(4)21-15-17-35(19-21)30(38)39-20-27-25-12-8-6-10-23(25)24-11-7-9-13-26(24)27;1-15-4-5-18(19(24)12-15)20-6-7-21(31-20)22(29)26(2)17-9-11-28(14-17)23(30)27(3)16-8-10-25-13-16;1-19(15(22)13-3-4-14(17)24-13)12-6-8-21(10-12)16(23)20(2)11-5-7-18-9-11;1-16(2,3)23-15(22)19(5)13-7-9-20(11-13)14(21)18(4)12-6-8-17-10-12;16-15(17)18-9-14-12-7-3-1-5-10(12)11-6-2-4-8-13(11)14;;;;;;;;/h6-13,21-22,27H,14-20H2,1-5H3;4-7,12,16-17,25H,8-11,13-14H2,1-3H3;3-4,11-12,18H,5-10H2,1-2H3;12-13,17H,6-11H2,1-5H3;1-8,14H,9H2;4*1H4;4*1H2/t21-,22+;16-,17+;11-,12+;12-,13+;;;;;;;;;/m1111........./s1. The van der Waals surface area contributed by atoms with E-state index in [0.717, 1.165) is 102 Å². The number of likely N-dealkylation sites (N-methyl/N-ethyl adjacent to an activating group) is 8. The Kier molecular flexibility index (Phi) is 49.3. The molecule has 2 aliphatic carbocycles. The molecule has 7 aromatic rings. The summed E-state index contributed by atoms with van der Waals surface area (Å²) in [6.07, 6.45) is 5.76. The molecule has 8 aliphatic heterocycles. The summed E-state index contributed by atoms with van der Waals surface area (Å²) in [5.74, 6) is 0.117. The molecule has 3 N–H and O–H groups in total. The molecule has 13 amide bonds. The van der Waals surface area contributed by atoms with E-state index in [4.69, 9.17) is 42.1 Å². The van der Waals surface area contributed by atoms with E-state index in [9.17, 15) is 47.9 Å². The van der Waals surface area contributed by atoms with Crippen molar-refractivity contribution in [1.82, 2.24) is 79.6 Å². The van der Waals surface area contributed by atoms with Crippen LogP contribution in [0.15, 0.2) is 143 Å². The molecule has 798 valence electrons. The summed E-state index contributed by atoms with van der Waals surface area (Å²) in [6.45, 7) is 25.0. The number of hydrogen-bond donors (Lipinski definition) is 3. The molecule has 10 heterocycles. The van der Waals surface area contributed by atoms with Gasteiger partial charge in [-0.3, -0.25) is 9.59 Å². The third-order valence-electron chi connectivity index (χ3n) is 27.5. The highest BCUT2D eigenvalue weighted by Gasteiger charge is 2.43. The minimum atomic E-state index is -0.753. The average Bonchev–Trinajstić information content (AvgIpc) is 1.61. The van der Waals surface area contributed by atoms with Gasteiger partial charge < -0.3 is 98.6 Å². The molecule has 8 atom stereocenters. The van der Waals surface area contributed by atoms with Crippen LogP contribution in [-0.4, -0.2) is 357 Å². The van der Waals surface area contributed by atoms with Crippen molar-refractivity contribution < 1.29 is 66.9 Å². The van der Waals surface area contributed by atoms with Gasteiger partial charge in [-0.2, -0.15) is 54.0 Å². The third kappa shape index (κ3) is 31.4. The van der Waals surface area contributed by atoms with Gasteiger partial charge in [0.2, 0.25) is 0 Å². The topological polar surface area (TPSA) is 286 Å². The monoisotopic (exact) mass is 2210 g/mol. The summed E-state index contributed by atoms with van der Waals surface area (Å²) in [5.41, 5.74) is 9.79. The Balaban J connectivity index is 0.000000320. The molecule has 39 heteroatoms. The van der Waals surface area contributed by atoms with Crippen LogP contribution < -0.4 is 16.0 Å². The van der Waals surface area contributed by atoms with E-state index < -0.39 is 16.6 Å². The Bertz CT molecular complexity index is 5320. The van der Waals surface area contributed by atoms with Crippen LogP contribution >= 0.6 is 116 Å². The Labute approximate surface area is 908 Å². The largest absolute Gasteiger partial charge is 0.453 e. The first kappa shape index (κ1) is 126. The fourth-order valence-corrected chi connectivity index (χ4v) is 22.2. The van der Waals surface area contributed by atoms with Crippen molar-refractivity contribution in [3.63, 3.8) is 0 Å². The van der Waals surface area contributed by atoms with Crippen molar-refractivity contribution >= 4 is 175 Å². The van der Waals surface area contributed by atoms with Crippen molar-refractivity contribution in [2.45, 2.75) is 201 Å². The number of urea groups is 4. The number of halogens is 3. The maximum absolute atomic E-state index is 13.3. The molecule has 17 rings (SSSR count). The molecule has 0 saturated carbocycles. The Morgan fingerprint density at radius 3 is 1.01 bits per heavy atom. The van der Waals surface area contributed by atoms with Crippen LogP contribution in [0.25, 0.3) is 32.7 Å². The molecule has 0 bridgehead atoms. The summed E-state index contributed by atoms with van der Waals surface area (Å²) < 4.78 is 22.6. The second-order valence-electron chi connectivity index (χ2n) is 38.8. The molecule has 144 heavy (non-hydrogen) atoms. The maximum Gasteiger partial charge on any atom is 0.410 e. The summed E-state index contributed by atoms with van der Waals surface area (Å²) >= 11 is 17.9. The van der Waals surface area contributed by atoms with Gasteiger partial charge in [0, 0.05) is 198 Å². The number of amides is 13. The molecule has 0 radical (unpaired) electrons. The van der Waals surface area contributed by atoms with Crippen molar-refractivity contribution in [3.8, 4) is 32.7 Å². The number of hydrogen-bond acceptors (Lipinski definition) is 19. The molecule has 8 fully saturated rings. The zero-order valence-electron chi connectivity index (χ0n) is 82.9. The van der Waals surface area contributed by atoms with Gasteiger partial charge in [-0.05, 0) is 216 Å². The van der Waals surface area contributed by atoms with Crippen molar-refractivity contribution in [1.29, 1.82) is 0 Å². The molecule has 5 aromatic carbocycles. The zero-order valence-corrected chi connectivity index (χ0v) is 91.6. The van der Waals surface area contributed by atoms with E-state index in [2.05, 4.69) is 80.4 Å². The lowest BCUT2D eigenvalue weighted by atomic mass is 9.98. The number of carbonyl (C=O) groups excluding carboxylic acids is 10. The molecule has 0 unspecified atom stereocenters. The molecular weight excluding hydrogens is 2050 g/mol. The van der Waals surface area contributed by atoms with Gasteiger partial charge in [0.25, 0.3) is 11.8 Å². The van der Waals surface area contributed by atoms with E-state index in [1.165, 1.54) is 67.2 Å². The van der Waals surface area contributed by atoms with Crippen LogP contribution in [0.3, 0.4) is 0 Å². The second kappa shape index (κ2) is 56.5. The lowest BCUT2D eigenvalue weighted by Crippen LogP contribution is -2.48. The quantitative estimate of drug-likeness (QED) is 0.0635. The van der Waals surface area contributed by atoms with Crippen LogP contribution in [0.5, 0.6) is 0 Å². The van der Waals surface area contributed by atoms with E-state index in [1.54, 1.807) is 55.4 Å². The van der Waals surface area contributed by atoms with Crippen LogP contribution in [-0.2, 0) is 18.9 Å². The first-order valence-electron chi connectivity index (χ1n) is 47.2. The van der Waals surface area contributed by atoms with Crippen LogP contribution in [0.2, 0.25) is 5.02 Å². The highest BCUT2D eigenvalue weighted by molar-refractivity contribution is 9.11. The molecule has 8 saturated heterocycles. The molecule has 10 aliphatic rings. The Morgan fingerprint density at radius 2 is 0.688 bits per heavy atom. The van der Waals surface area contributed by atoms with E-state index >= 15 is 0 Å². The van der Waals surface area contributed by atoms with Crippen molar-refractivity contribution in [2.24, 2.45) is 0 Å². The molecule has 30 nitrogen and oxygen atoms in total. The SMILES string of the molecule is C.C.C.C.CN(C(=O)OC(C)(C)C)[C@H]1CCN(C(=O)N(C)[C@@H]2CCN(C(=O)OCC3c4ccccc4-c4ccccc43)C2)C1.CN(C(=O)OC(C)(C)C)[C@H]1CCN(C(=O)N(C)[C@@H]2CCNC2)C1.CN(C(=O)c1ccc(Br)s1)[C@H]1CCN(C(=O)N(C)[C@@H]2CCNC2)C1.Cc1ccc(-c2ccc(C(=O)N(C)[C@H]3CCN(C(=O)N(C)[C@@H]4CCNC4)C3)s2)c(Cl)c1.O=C(Cl)OCC1c2ccccc2-c2ccccc21.S.S.S.S. The lowest BCUT2D eigenvalue weighted by molar-refractivity contribution is 0.0219. The zero-order chi connectivity index (χ0) is 97.7. The number of benzene rings is 5. The number of nitrogens with zero attached hydrogens (tertiary/aromatic N) is 13. The van der Waals surface area contributed by atoms with Crippen LogP contribution in [0.4, 0.5) is 38.4 Å². The Hall–Kier alpha value is -8.86. The normalized spacial score (nSPS) is 19.6. The van der Waals surface area contributed by atoms with Gasteiger partial charge in [0.1, 0.15) is 24.4 Å². The van der Waals surface area contributed by atoms with E-state index in [-0.39, 0.29) is 211 Å². The van der Waals surface area contributed by atoms with Gasteiger partial charge in [-0.25, -0.2) is 38.4 Å². The fraction of sp³-hybridized carbons (Fsp3) is 0.543. The van der Waals surface area contributed by atoms with Crippen LogP contribution in [0, 0.1) is 6.92 Å². The number of nitrogens with one attached hydrogen (secondary N) is 3. The van der Waals surface area contributed by atoms with E-state index in [0.29, 0.717) is 88.2 Å². The molecule has 0 spiro atoms. The number of ether oxygens (including phenoxy) is 4. The number of rotatable bonds is 15. The highest BCUT2D eigenvalue weighted by atomic mass is 79.9. The third-order valence-corrected chi connectivity index (χ3v) is 30.6. The fourth-order valence-electron chi connectivity index (χ4n) is 19.3. The number of carbonyl (C=O) groups is 10. The van der Waals surface area contributed by atoms with Gasteiger partial charge in [0.05, 0.1) is 43.7 Å². The molecule has 2 aromatic heterocycles. The second-order valence-corrected chi connectivity index (χ2v) is 43.1. The van der Waals surface area contributed by atoms with E-state index in [1.807, 2.05) is 204 Å². The number of aryl methyl sites for hydroxylation is 1. The lowest BCUT2D eigenvalue weighted by Gasteiger charge is -2.31. The predicted octanol–water partition coefficient (Wildman–Crippen LogP) is 19.5. The predicted molar refractivity (Wildman–Crippen MR) is 604 cm³/mol. The summed E-state index contributed by atoms with van der Waals surface area (Å²) in [7, 11) is 14.6. The maximum atomic E-state index is 13.3. The number of thiophene rings is 2. The van der Waals surface area contributed by atoms with Crippen molar-refractivity contribution in [2.75, 3.05) is 174 Å². The first-order valence-corrected chi connectivity index (χ1v) is 50.4. The van der Waals surface area contributed by atoms with Gasteiger partial charge in [-0.15, -0.1) is 22.7 Å². The number of fused-ring (bicyclic) bond motifs is 6. The van der Waals surface area contributed by atoms with Gasteiger partial charge in [0.15, 0.2) is 0 Å². The van der Waals surface area contributed by atoms with Crippen LogP contribution in [0.1, 0.15) is 182 Å². The highest BCUT2D eigenvalue weighted by Crippen LogP contribution is 2.47. The van der Waals surface area contributed by atoms with Gasteiger partial charge >= 0.3 is 47.8 Å². The number of likely N-dealkylation sites (tertiary alicyclic amines) is 5. The minimum Gasteiger partial charge on any atom is -0.453 e. The van der Waals surface area contributed by atoms with Crippen molar-refractivity contribution in [3.05, 3.63) is 186 Å². The minimum absolute atomic E-state index is 0. The van der Waals surface area contributed by atoms with Gasteiger partial charge in [-0.1, -0.05) is 151 Å². The summed E-state index contributed by atoms with van der Waals surface area (Å²) in [5, 5.41) is 10.6. The summed E-state index contributed by atoms with van der Waals surface area (Å²) in [4.78, 5) is 151. The Morgan fingerprint density at radius 1 is 0.382 bits per heavy atom. The average molecular weight is 2210 g/mol. The smallest absolute Gasteiger partial charge is 0.410 e.